The Kier molecular flexibility index (Phi) is 6.24. The molecule has 0 spiro atoms. The van der Waals surface area contributed by atoms with Crippen LogP contribution >= 0.6 is 0 Å². The van der Waals surface area contributed by atoms with E-state index < -0.39 is 23.4 Å². The van der Waals surface area contributed by atoms with Crippen LogP contribution in [0.3, 0.4) is 0 Å². The van der Waals surface area contributed by atoms with Gasteiger partial charge in [0, 0.05) is 63.3 Å². The zero-order chi connectivity index (χ0) is 32.0. The number of H-pyrrole nitrogens is 1. The molecule has 46 heavy (non-hydrogen) atoms. The fourth-order valence-electron chi connectivity index (χ4n) is 7.51. The lowest BCUT2D eigenvalue weighted by atomic mass is 10.0. The average molecular weight is 624 g/mol. The fraction of sp³-hybridized carbons (Fsp3) is 0.371. The summed E-state index contributed by atoms with van der Waals surface area (Å²) in [6.07, 6.45) is 2.06. The second kappa shape index (κ2) is 10.1. The maximum Gasteiger partial charge on any atom is 0.409 e. The van der Waals surface area contributed by atoms with Gasteiger partial charge in [0.15, 0.2) is 5.88 Å². The van der Waals surface area contributed by atoms with Crippen LogP contribution in [0.2, 0.25) is 0 Å². The third-order valence-corrected chi connectivity index (χ3v) is 9.39. The third kappa shape index (κ3) is 4.44. The third-order valence-electron chi connectivity index (χ3n) is 9.39. The lowest BCUT2D eigenvalue weighted by Crippen LogP contribution is -2.49. The number of rotatable bonds is 3. The molecule has 1 saturated heterocycles. The molecule has 1 unspecified atom stereocenters. The van der Waals surface area contributed by atoms with Crippen LogP contribution in [-0.4, -0.2) is 78.4 Å². The van der Waals surface area contributed by atoms with Gasteiger partial charge in [0.25, 0.3) is 0 Å². The van der Waals surface area contributed by atoms with Crippen molar-refractivity contribution in [3.05, 3.63) is 54.7 Å². The molecule has 11 heteroatoms. The molecule has 3 aromatic carbocycles. The first-order valence-electron chi connectivity index (χ1n) is 15.8. The van der Waals surface area contributed by atoms with Crippen molar-refractivity contribution in [2.24, 2.45) is 0 Å². The number of aromatic amines is 1. The highest BCUT2D eigenvalue weighted by Crippen LogP contribution is 2.48. The molecule has 1 atom stereocenters. The number of hydrogen-bond donors (Lipinski definition) is 4. The number of likely N-dealkylation sites (tertiary alicyclic amines) is 1. The standard InChI is InChI=1S/C35H37N5O6/c1-34(2,3)46-32(42)37-20-12-14-38(15-13-20)33(43)45-19-35(44)17-39-24-10-6-4-8-21(24)26-23-16-36-31(41)28(23)27-22-9-5-7-11-25(22)40(18-35)30(27)29(26)39/h4-11,16,20,36,41,44H,12-15,17-19H2,1-3H3,(H,37,42). The van der Waals surface area contributed by atoms with Crippen LogP contribution in [0.4, 0.5) is 9.59 Å². The Morgan fingerprint density at radius 3 is 2.13 bits per heavy atom. The number of benzene rings is 3. The number of fused-ring (bicyclic) bond motifs is 9. The van der Waals surface area contributed by atoms with Gasteiger partial charge in [-0.05, 0) is 45.7 Å². The van der Waals surface area contributed by atoms with Crippen LogP contribution in [0, 0.1) is 0 Å². The first-order chi connectivity index (χ1) is 22.0. The summed E-state index contributed by atoms with van der Waals surface area (Å²) in [6, 6.07) is 16.0. The van der Waals surface area contributed by atoms with Gasteiger partial charge in [-0.15, -0.1) is 0 Å². The molecule has 4 N–H and O–H groups in total. The number of nitrogens with zero attached hydrogens (tertiary/aromatic N) is 3. The molecule has 238 valence electrons. The number of alkyl carbamates (subject to hydrolysis) is 1. The molecular formula is C35H37N5O6. The van der Waals surface area contributed by atoms with Gasteiger partial charge in [-0.1, -0.05) is 36.4 Å². The molecule has 0 saturated carbocycles. The Hall–Kier alpha value is -4.90. The Labute approximate surface area is 264 Å². The van der Waals surface area contributed by atoms with Gasteiger partial charge in [-0.3, -0.25) is 0 Å². The van der Waals surface area contributed by atoms with Crippen molar-refractivity contribution in [3.63, 3.8) is 0 Å². The Bertz CT molecular complexity index is 2200. The van der Waals surface area contributed by atoms with E-state index in [1.165, 1.54) is 0 Å². The largest absolute Gasteiger partial charge is 0.494 e. The minimum absolute atomic E-state index is 0.0944. The molecule has 2 amide bonds. The number of carbonyl (C=O) groups excluding carboxylic acids is 2. The van der Waals surface area contributed by atoms with Crippen LogP contribution in [-0.2, 0) is 22.6 Å². The predicted molar refractivity (Wildman–Crippen MR) is 176 cm³/mol. The molecule has 8 rings (SSSR count). The average Bonchev–Trinajstić information content (AvgIpc) is 3.62. The number of hydrogen-bond acceptors (Lipinski definition) is 6. The van der Waals surface area contributed by atoms with Crippen molar-refractivity contribution in [2.45, 2.75) is 63.9 Å². The summed E-state index contributed by atoms with van der Waals surface area (Å²) in [7, 11) is 0. The van der Waals surface area contributed by atoms with Gasteiger partial charge in [0.2, 0.25) is 0 Å². The molecule has 0 bridgehead atoms. The van der Waals surface area contributed by atoms with E-state index in [-0.39, 0.29) is 31.6 Å². The maximum atomic E-state index is 13.3. The van der Waals surface area contributed by atoms with Crippen LogP contribution < -0.4 is 5.32 Å². The monoisotopic (exact) mass is 623 g/mol. The summed E-state index contributed by atoms with van der Waals surface area (Å²) in [5.74, 6) is 0.107. The Morgan fingerprint density at radius 1 is 0.913 bits per heavy atom. The number of ether oxygens (including phenoxy) is 2. The van der Waals surface area contributed by atoms with E-state index in [1.807, 2.05) is 69.4 Å². The van der Waals surface area contributed by atoms with E-state index in [1.54, 1.807) is 4.90 Å². The number of aromatic hydroxyl groups is 1. The van der Waals surface area contributed by atoms with Crippen molar-refractivity contribution in [1.29, 1.82) is 0 Å². The first kappa shape index (κ1) is 28.6. The molecule has 3 aromatic heterocycles. The highest BCUT2D eigenvalue weighted by molar-refractivity contribution is 6.36. The van der Waals surface area contributed by atoms with Crippen LogP contribution in [0.1, 0.15) is 33.6 Å². The molecule has 2 aliphatic heterocycles. The Balaban J connectivity index is 1.12. The molecular weight excluding hydrogens is 586 g/mol. The van der Waals surface area contributed by atoms with Gasteiger partial charge >= 0.3 is 12.2 Å². The summed E-state index contributed by atoms with van der Waals surface area (Å²) in [6.45, 7) is 6.49. The van der Waals surface area contributed by atoms with Crippen molar-refractivity contribution in [1.82, 2.24) is 24.3 Å². The van der Waals surface area contributed by atoms with Crippen molar-refractivity contribution in [3.8, 4) is 5.88 Å². The van der Waals surface area contributed by atoms with Gasteiger partial charge in [-0.25, -0.2) is 9.59 Å². The number of para-hydroxylation sites is 2. The lowest BCUT2D eigenvalue weighted by molar-refractivity contribution is -0.0493. The topological polar surface area (TPSA) is 134 Å². The summed E-state index contributed by atoms with van der Waals surface area (Å²) >= 11 is 0. The van der Waals surface area contributed by atoms with Crippen molar-refractivity contribution >= 4 is 66.6 Å². The van der Waals surface area contributed by atoms with E-state index in [0.717, 1.165) is 54.4 Å². The van der Waals surface area contributed by atoms with Crippen molar-refractivity contribution in [2.75, 3.05) is 19.7 Å². The molecule has 5 heterocycles. The summed E-state index contributed by atoms with van der Waals surface area (Å²) in [5, 5.41) is 31.9. The number of aromatic nitrogens is 3. The summed E-state index contributed by atoms with van der Waals surface area (Å²) in [5.41, 5.74) is 1.76. The molecule has 11 nitrogen and oxygen atoms in total. The normalized spacial score (nSPS) is 19.1. The number of aliphatic hydroxyl groups is 1. The SMILES string of the molecule is CC(C)(C)OC(=O)NC1CCN(C(=O)OCC2(O)Cn3c4ccccc4c4c5c[nH]c(O)c5c5c6ccccc6n(c5c43)C2)CC1. The number of piperidine rings is 1. The quantitative estimate of drug-likeness (QED) is 0.192. The smallest absolute Gasteiger partial charge is 0.409 e. The minimum Gasteiger partial charge on any atom is -0.494 e. The second-order valence-electron chi connectivity index (χ2n) is 13.8. The van der Waals surface area contributed by atoms with Crippen LogP contribution in [0.15, 0.2) is 54.7 Å². The molecule has 1 fully saturated rings. The van der Waals surface area contributed by atoms with Gasteiger partial charge in [-0.2, -0.15) is 0 Å². The summed E-state index contributed by atoms with van der Waals surface area (Å²) in [4.78, 5) is 30.2. The molecule has 0 aliphatic carbocycles. The molecule has 6 aromatic rings. The highest BCUT2D eigenvalue weighted by Gasteiger charge is 2.38. The van der Waals surface area contributed by atoms with Gasteiger partial charge < -0.3 is 44.0 Å². The lowest BCUT2D eigenvalue weighted by Gasteiger charge is -2.33. The predicted octanol–water partition coefficient (Wildman–Crippen LogP) is 5.96. The number of amides is 2. The minimum atomic E-state index is -1.44. The maximum absolute atomic E-state index is 13.3. The van der Waals surface area contributed by atoms with Crippen LogP contribution in [0.25, 0.3) is 54.4 Å². The zero-order valence-electron chi connectivity index (χ0n) is 26.1. The van der Waals surface area contributed by atoms with Gasteiger partial charge in [0.1, 0.15) is 17.8 Å². The summed E-state index contributed by atoms with van der Waals surface area (Å²) < 4.78 is 15.5. The first-order valence-corrected chi connectivity index (χ1v) is 15.8. The molecule has 2 aliphatic rings. The van der Waals surface area contributed by atoms with E-state index in [0.29, 0.717) is 25.9 Å². The van der Waals surface area contributed by atoms with E-state index in [9.17, 15) is 19.8 Å². The zero-order valence-corrected chi connectivity index (χ0v) is 26.1. The molecule has 0 radical (unpaired) electrons. The van der Waals surface area contributed by atoms with E-state index >= 15 is 0 Å². The number of nitrogens with one attached hydrogen (secondary N) is 2. The van der Waals surface area contributed by atoms with E-state index in [2.05, 4.69) is 25.5 Å². The fourth-order valence-corrected chi connectivity index (χ4v) is 7.51. The van der Waals surface area contributed by atoms with Crippen molar-refractivity contribution < 1.29 is 29.3 Å². The second-order valence-corrected chi connectivity index (χ2v) is 13.8. The van der Waals surface area contributed by atoms with Gasteiger partial charge in [0.05, 0.1) is 29.5 Å². The van der Waals surface area contributed by atoms with E-state index in [4.69, 9.17) is 9.47 Å². The Morgan fingerprint density at radius 2 is 1.50 bits per heavy atom. The number of carbonyl (C=O) groups is 2. The van der Waals surface area contributed by atoms with Crippen LogP contribution in [0.5, 0.6) is 5.88 Å². The highest BCUT2D eigenvalue weighted by atomic mass is 16.6.